The molecule has 10 heteroatoms. The molecule has 39 heavy (non-hydrogen) atoms. The molecule has 5 rings (SSSR count). The first-order chi connectivity index (χ1) is 19.1. The largest absolute Gasteiger partial charge is 0.497 e. The number of fused-ring (bicyclic) bond motifs is 1. The van der Waals surface area contributed by atoms with E-state index in [0.717, 1.165) is 74.1 Å². The zero-order valence-electron chi connectivity index (χ0n) is 23.1. The maximum Gasteiger partial charge on any atom is 0.177 e. The van der Waals surface area contributed by atoms with Gasteiger partial charge in [0, 0.05) is 44.7 Å². The third-order valence-electron chi connectivity index (χ3n) is 7.80. The van der Waals surface area contributed by atoms with E-state index in [0.29, 0.717) is 19.3 Å². The summed E-state index contributed by atoms with van der Waals surface area (Å²) in [5, 5.41) is 18.4. The summed E-state index contributed by atoms with van der Waals surface area (Å²) in [6, 6.07) is 15.1. The van der Waals surface area contributed by atoms with E-state index in [9.17, 15) is 0 Å². The molecule has 2 aliphatic rings. The summed E-state index contributed by atoms with van der Waals surface area (Å²) in [4.78, 5) is 2.39. The maximum atomic E-state index is 6.63. The molecule has 3 aromatic rings. The fourth-order valence-electron chi connectivity index (χ4n) is 5.68. The van der Waals surface area contributed by atoms with Gasteiger partial charge >= 0.3 is 0 Å². The molecule has 3 heterocycles. The summed E-state index contributed by atoms with van der Waals surface area (Å²) < 4.78 is 23.2. The number of benzene rings is 2. The average Bonchev–Trinajstić information content (AvgIpc) is 3.52. The van der Waals surface area contributed by atoms with Crippen LogP contribution in [0, 0.1) is 0 Å². The first-order valence-electron chi connectivity index (χ1n) is 13.9. The van der Waals surface area contributed by atoms with Crippen LogP contribution in [-0.2, 0) is 16.1 Å². The molecule has 10 nitrogen and oxygen atoms in total. The minimum atomic E-state index is 0.0419. The third-order valence-corrected chi connectivity index (χ3v) is 7.80. The summed E-state index contributed by atoms with van der Waals surface area (Å²) in [6.45, 7) is 6.77. The van der Waals surface area contributed by atoms with E-state index in [2.05, 4.69) is 68.1 Å². The van der Waals surface area contributed by atoms with Gasteiger partial charge < -0.3 is 29.2 Å². The Balaban J connectivity index is 1.27. The van der Waals surface area contributed by atoms with Crippen molar-refractivity contribution >= 4 is 5.69 Å². The number of nitrogens with zero attached hydrogens (tertiary/aromatic N) is 4. The van der Waals surface area contributed by atoms with Crippen molar-refractivity contribution in [3.05, 3.63) is 59.4 Å². The van der Waals surface area contributed by atoms with Crippen LogP contribution in [0.25, 0.3) is 0 Å². The zero-order valence-corrected chi connectivity index (χ0v) is 23.1. The predicted octanol–water partition coefficient (Wildman–Crippen LogP) is 3.67. The highest BCUT2D eigenvalue weighted by atomic mass is 16.5. The van der Waals surface area contributed by atoms with Gasteiger partial charge in [-0.1, -0.05) is 30.3 Å². The monoisotopic (exact) mass is 536 g/mol. The molecular formula is C29H40N6O4. The lowest BCUT2D eigenvalue weighted by molar-refractivity contribution is 0.00180. The third kappa shape index (κ3) is 6.87. The first-order valence-corrected chi connectivity index (χ1v) is 13.9. The van der Waals surface area contributed by atoms with E-state index >= 15 is 0 Å². The molecule has 0 amide bonds. The van der Waals surface area contributed by atoms with Crippen LogP contribution in [0.5, 0.6) is 11.5 Å². The number of tetrazole rings is 1. The zero-order chi connectivity index (χ0) is 27.0. The van der Waals surface area contributed by atoms with Gasteiger partial charge in [0.15, 0.2) is 5.82 Å². The van der Waals surface area contributed by atoms with Crippen molar-refractivity contribution in [2.45, 2.75) is 56.8 Å². The van der Waals surface area contributed by atoms with Crippen LogP contribution in [0.2, 0.25) is 0 Å². The summed E-state index contributed by atoms with van der Waals surface area (Å²) >= 11 is 0. The molecule has 1 fully saturated rings. The van der Waals surface area contributed by atoms with E-state index < -0.39 is 0 Å². The fourth-order valence-corrected chi connectivity index (χ4v) is 5.68. The van der Waals surface area contributed by atoms with E-state index in [4.69, 9.17) is 18.9 Å². The van der Waals surface area contributed by atoms with Crippen LogP contribution in [0.3, 0.4) is 0 Å². The Bertz CT molecular complexity index is 1160. The Morgan fingerprint density at radius 2 is 2.03 bits per heavy atom. The standard InChI is InChI=1S/C29H40N6O4/c1-20(29-31-33-34-32-29)15-23-17-25(22-6-8-24(37-3)9-7-22)28(18-30-23)39-19-21-5-10-27-26(16-21)35(12-14-38-27)11-4-13-36-2/h5-10,16,20,23,25,28,30H,4,11-15,17-19H2,1-3H3,(H,31,32,33,34)/t20-,23+,25-,28+/m1/s1. The van der Waals surface area contributed by atoms with Crippen molar-refractivity contribution in [1.82, 2.24) is 25.9 Å². The predicted molar refractivity (Wildman–Crippen MR) is 149 cm³/mol. The second-order valence-electron chi connectivity index (χ2n) is 10.5. The SMILES string of the molecule is COCCCN1CCOc2ccc(CO[C@H]3CN[C@@H](C[C@@H](C)c4nn[nH]n4)C[C@@H]3c3ccc(OC)cc3)cc21. The number of H-pyrrole nitrogens is 1. The van der Waals surface area contributed by atoms with Gasteiger partial charge in [-0.2, -0.15) is 5.21 Å². The van der Waals surface area contributed by atoms with Crippen molar-refractivity contribution in [3.63, 3.8) is 0 Å². The van der Waals surface area contributed by atoms with Crippen LogP contribution in [0.15, 0.2) is 42.5 Å². The first kappa shape index (κ1) is 27.4. The van der Waals surface area contributed by atoms with Crippen molar-refractivity contribution < 1.29 is 18.9 Å². The van der Waals surface area contributed by atoms with E-state index in [1.807, 2.05) is 12.1 Å². The Morgan fingerprint density at radius 3 is 2.79 bits per heavy atom. The fraction of sp³-hybridized carbons (Fsp3) is 0.552. The van der Waals surface area contributed by atoms with Crippen LogP contribution in [-0.4, -0.2) is 79.8 Å². The van der Waals surface area contributed by atoms with Gasteiger partial charge in [-0.15, -0.1) is 10.2 Å². The second kappa shape index (κ2) is 13.2. The molecule has 2 aromatic carbocycles. The van der Waals surface area contributed by atoms with Gasteiger partial charge in [0.2, 0.25) is 0 Å². The molecule has 0 bridgehead atoms. The topological polar surface area (TPSA) is 107 Å². The summed E-state index contributed by atoms with van der Waals surface area (Å²) in [6.07, 6.45) is 2.92. The number of rotatable bonds is 12. The Morgan fingerprint density at radius 1 is 1.15 bits per heavy atom. The Labute approximate surface area is 230 Å². The van der Waals surface area contributed by atoms with Crippen LogP contribution >= 0.6 is 0 Å². The van der Waals surface area contributed by atoms with Gasteiger partial charge in [0.05, 0.1) is 32.1 Å². The van der Waals surface area contributed by atoms with Crippen molar-refractivity contribution in [1.29, 1.82) is 0 Å². The number of aromatic nitrogens is 4. The lowest BCUT2D eigenvalue weighted by atomic mass is 9.81. The lowest BCUT2D eigenvalue weighted by Crippen LogP contribution is -2.47. The molecule has 1 saturated heterocycles. The number of piperidine rings is 1. The Hall–Kier alpha value is -3.21. The van der Waals surface area contributed by atoms with E-state index in [-0.39, 0.29) is 17.9 Å². The van der Waals surface area contributed by atoms with E-state index in [1.165, 1.54) is 5.56 Å². The highest BCUT2D eigenvalue weighted by molar-refractivity contribution is 5.61. The second-order valence-corrected chi connectivity index (χ2v) is 10.5. The Kier molecular flexibility index (Phi) is 9.28. The van der Waals surface area contributed by atoms with Crippen molar-refractivity contribution in [3.8, 4) is 11.5 Å². The maximum absolute atomic E-state index is 6.63. The number of aromatic amines is 1. The number of methoxy groups -OCH3 is 2. The highest BCUT2D eigenvalue weighted by Crippen LogP contribution is 2.36. The number of anilines is 1. The van der Waals surface area contributed by atoms with Crippen LogP contribution < -0.4 is 19.7 Å². The van der Waals surface area contributed by atoms with Crippen LogP contribution in [0.4, 0.5) is 5.69 Å². The molecule has 4 atom stereocenters. The quantitative estimate of drug-likeness (QED) is 0.335. The number of ether oxygens (including phenoxy) is 4. The summed E-state index contributed by atoms with van der Waals surface area (Å²) in [5.74, 6) is 3.02. The molecule has 2 N–H and O–H groups in total. The smallest absolute Gasteiger partial charge is 0.177 e. The average molecular weight is 537 g/mol. The molecule has 0 unspecified atom stereocenters. The molecule has 2 aliphatic heterocycles. The molecular weight excluding hydrogens is 496 g/mol. The number of hydrogen-bond acceptors (Lipinski definition) is 9. The number of hydrogen-bond donors (Lipinski definition) is 2. The summed E-state index contributed by atoms with van der Waals surface area (Å²) in [7, 11) is 3.45. The van der Waals surface area contributed by atoms with Gasteiger partial charge in [0.1, 0.15) is 18.1 Å². The van der Waals surface area contributed by atoms with Crippen molar-refractivity contribution in [2.75, 3.05) is 52.0 Å². The molecule has 210 valence electrons. The van der Waals surface area contributed by atoms with Crippen LogP contribution in [0.1, 0.15) is 55.0 Å². The minimum absolute atomic E-state index is 0.0419. The molecule has 0 radical (unpaired) electrons. The lowest BCUT2D eigenvalue weighted by Gasteiger charge is -2.38. The van der Waals surface area contributed by atoms with Gasteiger partial charge in [-0.25, -0.2) is 0 Å². The van der Waals surface area contributed by atoms with Crippen molar-refractivity contribution in [2.24, 2.45) is 0 Å². The van der Waals surface area contributed by atoms with Gasteiger partial charge in [0.25, 0.3) is 0 Å². The van der Waals surface area contributed by atoms with Gasteiger partial charge in [-0.05, 0) is 54.7 Å². The molecule has 0 spiro atoms. The molecule has 0 saturated carbocycles. The highest BCUT2D eigenvalue weighted by Gasteiger charge is 2.33. The van der Waals surface area contributed by atoms with Gasteiger partial charge in [-0.3, -0.25) is 0 Å². The normalized spacial score (nSPS) is 21.7. The summed E-state index contributed by atoms with van der Waals surface area (Å²) in [5.41, 5.74) is 3.56. The molecule has 1 aromatic heterocycles. The van der Waals surface area contributed by atoms with E-state index in [1.54, 1.807) is 14.2 Å². The number of nitrogens with one attached hydrogen (secondary N) is 2. The molecule has 0 aliphatic carbocycles. The minimum Gasteiger partial charge on any atom is -0.497 e.